The van der Waals surface area contributed by atoms with Gasteiger partial charge in [-0.25, -0.2) is 0 Å². The molecule has 108 valence electrons. The standard InChI is InChI=1S/C15H20BrN3O/c1-4-11-8-12(19(2)18-11)9-14(17)10-5-6-15(20-3)13(16)7-10/h5-8,14H,4,9,17H2,1-3H3. The molecule has 1 heterocycles. The van der Waals surface area contributed by atoms with E-state index in [1.807, 2.05) is 29.9 Å². The lowest BCUT2D eigenvalue weighted by Crippen LogP contribution is -2.15. The summed E-state index contributed by atoms with van der Waals surface area (Å²) in [6, 6.07) is 8.02. The second-order valence-electron chi connectivity index (χ2n) is 4.81. The molecular weight excluding hydrogens is 318 g/mol. The molecule has 0 radical (unpaired) electrons. The monoisotopic (exact) mass is 337 g/mol. The Bertz CT molecular complexity index is 595. The molecule has 20 heavy (non-hydrogen) atoms. The third-order valence-corrected chi connectivity index (χ3v) is 4.04. The van der Waals surface area contributed by atoms with Crippen molar-refractivity contribution >= 4 is 15.9 Å². The minimum atomic E-state index is -0.0580. The van der Waals surface area contributed by atoms with Crippen molar-refractivity contribution in [3.8, 4) is 5.75 Å². The zero-order valence-corrected chi connectivity index (χ0v) is 13.6. The molecule has 2 N–H and O–H groups in total. The smallest absolute Gasteiger partial charge is 0.133 e. The first-order valence-electron chi connectivity index (χ1n) is 6.66. The minimum absolute atomic E-state index is 0.0580. The van der Waals surface area contributed by atoms with Gasteiger partial charge in [0.05, 0.1) is 17.3 Å². The van der Waals surface area contributed by atoms with E-state index in [-0.39, 0.29) is 6.04 Å². The van der Waals surface area contributed by atoms with Crippen LogP contribution in [0.2, 0.25) is 0 Å². The highest BCUT2D eigenvalue weighted by molar-refractivity contribution is 9.10. The Morgan fingerprint density at radius 1 is 1.40 bits per heavy atom. The number of methoxy groups -OCH3 is 1. The van der Waals surface area contributed by atoms with E-state index in [1.165, 1.54) is 0 Å². The van der Waals surface area contributed by atoms with Crippen LogP contribution in [0.15, 0.2) is 28.7 Å². The molecule has 0 aliphatic heterocycles. The van der Waals surface area contributed by atoms with Crippen molar-refractivity contribution < 1.29 is 4.74 Å². The van der Waals surface area contributed by atoms with Crippen LogP contribution in [0.3, 0.4) is 0 Å². The summed E-state index contributed by atoms with van der Waals surface area (Å²) in [5, 5.41) is 4.45. The molecule has 2 rings (SSSR count). The average molecular weight is 338 g/mol. The van der Waals surface area contributed by atoms with Gasteiger partial charge in [-0.15, -0.1) is 0 Å². The first-order chi connectivity index (χ1) is 9.55. The van der Waals surface area contributed by atoms with Crippen LogP contribution in [0, 0.1) is 0 Å². The summed E-state index contributed by atoms with van der Waals surface area (Å²) in [4.78, 5) is 0. The van der Waals surface area contributed by atoms with Crippen LogP contribution < -0.4 is 10.5 Å². The van der Waals surface area contributed by atoms with Crippen molar-refractivity contribution in [3.05, 3.63) is 45.7 Å². The third kappa shape index (κ3) is 3.22. The van der Waals surface area contributed by atoms with Gasteiger partial charge in [0, 0.05) is 25.2 Å². The first kappa shape index (κ1) is 15.1. The molecule has 0 fully saturated rings. The molecule has 2 aromatic rings. The van der Waals surface area contributed by atoms with Crippen molar-refractivity contribution in [1.29, 1.82) is 0 Å². The van der Waals surface area contributed by atoms with Gasteiger partial charge in [-0.05, 0) is 46.1 Å². The Balaban J connectivity index is 2.16. The molecule has 1 unspecified atom stereocenters. The van der Waals surface area contributed by atoms with Crippen molar-refractivity contribution in [2.75, 3.05) is 7.11 Å². The molecule has 0 saturated heterocycles. The number of ether oxygens (including phenoxy) is 1. The van der Waals surface area contributed by atoms with E-state index in [2.05, 4.69) is 34.0 Å². The molecule has 1 atom stereocenters. The lowest BCUT2D eigenvalue weighted by molar-refractivity contribution is 0.412. The highest BCUT2D eigenvalue weighted by atomic mass is 79.9. The minimum Gasteiger partial charge on any atom is -0.496 e. The Morgan fingerprint density at radius 3 is 2.70 bits per heavy atom. The molecule has 0 amide bonds. The van der Waals surface area contributed by atoms with E-state index in [4.69, 9.17) is 10.5 Å². The largest absolute Gasteiger partial charge is 0.496 e. The lowest BCUT2D eigenvalue weighted by atomic mass is 10.0. The van der Waals surface area contributed by atoms with Gasteiger partial charge < -0.3 is 10.5 Å². The topological polar surface area (TPSA) is 53.1 Å². The number of aryl methyl sites for hydroxylation is 2. The van der Waals surface area contributed by atoms with Crippen LogP contribution in [0.1, 0.15) is 29.9 Å². The number of hydrogen-bond acceptors (Lipinski definition) is 3. The van der Waals surface area contributed by atoms with Crippen LogP contribution in [-0.2, 0) is 19.9 Å². The summed E-state index contributed by atoms with van der Waals surface area (Å²) in [7, 11) is 3.62. The summed E-state index contributed by atoms with van der Waals surface area (Å²) in [6.07, 6.45) is 1.71. The van der Waals surface area contributed by atoms with Gasteiger partial charge >= 0.3 is 0 Å². The molecule has 4 nitrogen and oxygen atoms in total. The van der Waals surface area contributed by atoms with E-state index in [9.17, 15) is 0 Å². The van der Waals surface area contributed by atoms with Crippen LogP contribution >= 0.6 is 15.9 Å². The molecule has 0 bridgehead atoms. The summed E-state index contributed by atoms with van der Waals surface area (Å²) < 4.78 is 8.07. The lowest BCUT2D eigenvalue weighted by Gasteiger charge is -2.13. The fourth-order valence-corrected chi connectivity index (χ4v) is 2.75. The van der Waals surface area contributed by atoms with Gasteiger partial charge in [-0.2, -0.15) is 5.10 Å². The summed E-state index contributed by atoms with van der Waals surface area (Å²) in [6.45, 7) is 2.10. The second kappa shape index (κ2) is 6.41. The van der Waals surface area contributed by atoms with Crippen LogP contribution in [0.25, 0.3) is 0 Å². The van der Waals surface area contributed by atoms with Crippen LogP contribution in [-0.4, -0.2) is 16.9 Å². The number of rotatable bonds is 5. The predicted molar refractivity (Wildman–Crippen MR) is 83.9 cm³/mol. The summed E-state index contributed by atoms with van der Waals surface area (Å²) in [5.41, 5.74) is 9.64. The Morgan fingerprint density at radius 2 is 2.15 bits per heavy atom. The second-order valence-corrected chi connectivity index (χ2v) is 5.66. The molecule has 0 saturated carbocycles. The van der Waals surface area contributed by atoms with E-state index in [1.54, 1.807) is 7.11 Å². The molecule has 0 aliphatic rings. The average Bonchev–Trinajstić information content (AvgIpc) is 2.79. The Kier molecular flexibility index (Phi) is 4.83. The number of halogens is 1. The fourth-order valence-electron chi connectivity index (χ4n) is 2.19. The van der Waals surface area contributed by atoms with Crippen molar-refractivity contribution in [2.24, 2.45) is 12.8 Å². The molecular formula is C15H20BrN3O. The van der Waals surface area contributed by atoms with E-state index in [0.29, 0.717) is 0 Å². The zero-order chi connectivity index (χ0) is 14.7. The Hall–Kier alpha value is -1.33. The SMILES string of the molecule is CCc1cc(CC(N)c2ccc(OC)c(Br)c2)n(C)n1. The zero-order valence-electron chi connectivity index (χ0n) is 12.1. The maximum atomic E-state index is 6.30. The quantitative estimate of drug-likeness (QED) is 0.912. The number of hydrogen-bond donors (Lipinski definition) is 1. The van der Waals surface area contributed by atoms with E-state index < -0.39 is 0 Å². The van der Waals surface area contributed by atoms with Crippen molar-refractivity contribution in [3.63, 3.8) is 0 Å². The van der Waals surface area contributed by atoms with Crippen molar-refractivity contribution in [1.82, 2.24) is 9.78 Å². The van der Waals surface area contributed by atoms with Gasteiger partial charge in [-0.3, -0.25) is 4.68 Å². The van der Waals surface area contributed by atoms with Crippen LogP contribution in [0.4, 0.5) is 0 Å². The number of aromatic nitrogens is 2. The van der Waals surface area contributed by atoms with E-state index in [0.717, 1.165) is 40.0 Å². The van der Waals surface area contributed by atoms with Crippen LogP contribution in [0.5, 0.6) is 5.75 Å². The van der Waals surface area contributed by atoms with Gasteiger partial charge in [0.15, 0.2) is 0 Å². The predicted octanol–water partition coefficient (Wildman–Crippen LogP) is 3.00. The normalized spacial score (nSPS) is 12.4. The van der Waals surface area contributed by atoms with E-state index >= 15 is 0 Å². The number of nitrogens with two attached hydrogens (primary N) is 1. The van der Waals surface area contributed by atoms with Gasteiger partial charge in [0.25, 0.3) is 0 Å². The third-order valence-electron chi connectivity index (χ3n) is 3.42. The molecule has 1 aromatic carbocycles. The summed E-state index contributed by atoms with van der Waals surface area (Å²) >= 11 is 3.49. The maximum absolute atomic E-state index is 6.30. The molecule has 1 aromatic heterocycles. The number of benzene rings is 1. The molecule has 5 heteroatoms. The summed E-state index contributed by atoms with van der Waals surface area (Å²) in [5.74, 6) is 0.815. The maximum Gasteiger partial charge on any atom is 0.133 e. The van der Waals surface area contributed by atoms with Crippen molar-refractivity contribution in [2.45, 2.75) is 25.8 Å². The number of nitrogens with zero attached hydrogens (tertiary/aromatic N) is 2. The van der Waals surface area contributed by atoms with Gasteiger partial charge in [0.1, 0.15) is 5.75 Å². The van der Waals surface area contributed by atoms with Gasteiger partial charge in [0.2, 0.25) is 0 Å². The highest BCUT2D eigenvalue weighted by Gasteiger charge is 2.13. The Labute approximate surface area is 128 Å². The first-order valence-corrected chi connectivity index (χ1v) is 7.45. The molecule has 0 aliphatic carbocycles. The van der Waals surface area contributed by atoms with Gasteiger partial charge in [-0.1, -0.05) is 13.0 Å². The fraction of sp³-hybridized carbons (Fsp3) is 0.400. The highest BCUT2D eigenvalue weighted by Crippen LogP contribution is 2.28. The molecule has 0 spiro atoms.